The third kappa shape index (κ3) is 3.64. The van der Waals surface area contributed by atoms with Gasteiger partial charge in [0.1, 0.15) is 23.2 Å². The highest BCUT2D eigenvalue weighted by Crippen LogP contribution is 2.17. The minimum atomic E-state index is 0.553. The van der Waals surface area contributed by atoms with Crippen molar-refractivity contribution in [2.75, 3.05) is 24.2 Å². The van der Waals surface area contributed by atoms with Gasteiger partial charge in [0.05, 0.1) is 0 Å². The van der Waals surface area contributed by atoms with Crippen LogP contribution in [-0.2, 0) is 0 Å². The fraction of sp³-hybridized carbons (Fsp3) is 0.250. The second kappa shape index (κ2) is 5.54. The summed E-state index contributed by atoms with van der Waals surface area (Å²) in [6, 6.07) is 9.83. The monoisotopic (exact) mass is 249 g/mol. The summed E-state index contributed by atoms with van der Waals surface area (Å²) in [5.74, 6) is 1.45. The van der Waals surface area contributed by atoms with Crippen LogP contribution in [0.15, 0.2) is 30.3 Å². The van der Waals surface area contributed by atoms with Gasteiger partial charge in [-0.2, -0.15) is 4.37 Å². The second-order valence-electron chi connectivity index (χ2n) is 3.71. The van der Waals surface area contributed by atoms with Crippen LogP contribution < -0.4 is 15.8 Å². The number of benzene rings is 1. The first-order chi connectivity index (χ1) is 8.24. The molecule has 0 saturated carbocycles. The molecule has 1 heterocycles. The number of rotatable bonds is 5. The standard InChI is InChI=1S/C12H15N3OS/c1-9-3-2-4-10(7-9)16-6-5-14-12-8-11(13)15-17-12/h2-4,7-8,14H,5-6H2,1H3,(H2,13,15). The van der Waals surface area contributed by atoms with Crippen molar-refractivity contribution in [3.05, 3.63) is 35.9 Å². The molecule has 0 spiro atoms. The Kier molecular flexibility index (Phi) is 3.82. The first-order valence-electron chi connectivity index (χ1n) is 5.39. The van der Waals surface area contributed by atoms with E-state index in [0.29, 0.717) is 12.4 Å². The molecule has 3 N–H and O–H groups in total. The van der Waals surface area contributed by atoms with Gasteiger partial charge in [0.15, 0.2) is 0 Å². The van der Waals surface area contributed by atoms with Crippen molar-refractivity contribution in [1.29, 1.82) is 0 Å². The van der Waals surface area contributed by atoms with Gasteiger partial charge in [0.2, 0.25) is 0 Å². The molecular weight excluding hydrogens is 234 g/mol. The Morgan fingerprint density at radius 1 is 1.41 bits per heavy atom. The molecule has 0 aliphatic heterocycles. The van der Waals surface area contributed by atoms with E-state index in [4.69, 9.17) is 10.5 Å². The zero-order valence-electron chi connectivity index (χ0n) is 9.64. The average molecular weight is 249 g/mol. The fourth-order valence-electron chi connectivity index (χ4n) is 1.42. The van der Waals surface area contributed by atoms with Crippen molar-refractivity contribution in [2.24, 2.45) is 0 Å². The lowest BCUT2D eigenvalue weighted by Gasteiger charge is -2.07. The zero-order chi connectivity index (χ0) is 12.1. The Bertz CT molecular complexity index is 484. The van der Waals surface area contributed by atoms with Crippen LogP contribution in [0, 0.1) is 6.92 Å². The molecule has 5 heteroatoms. The quantitative estimate of drug-likeness (QED) is 0.799. The van der Waals surface area contributed by atoms with Crippen molar-refractivity contribution in [3.63, 3.8) is 0 Å². The molecule has 2 rings (SSSR count). The van der Waals surface area contributed by atoms with Crippen LogP contribution in [-0.4, -0.2) is 17.5 Å². The van der Waals surface area contributed by atoms with Gasteiger partial charge in [-0.25, -0.2) is 0 Å². The molecule has 0 amide bonds. The maximum Gasteiger partial charge on any atom is 0.139 e. The number of hydrogen-bond acceptors (Lipinski definition) is 5. The Morgan fingerprint density at radius 2 is 2.29 bits per heavy atom. The van der Waals surface area contributed by atoms with E-state index in [1.165, 1.54) is 17.1 Å². The van der Waals surface area contributed by atoms with Gasteiger partial charge < -0.3 is 15.8 Å². The fourth-order valence-corrected chi connectivity index (χ4v) is 2.02. The molecule has 17 heavy (non-hydrogen) atoms. The van der Waals surface area contributed by atoms with Crippen molar-refractivity contribution in [1.82, 2.24) is 4.37 Å². The van der Waals surface area contributed by atoms with E-state index in [1.807, 2.05) is 37.3 Å². The summed E-state index contributed by atoms with van der Waals surface area (Å²) in [5, 5.41) is 4.17. The number of nitrogens with two attached hydrogens (primary N) is 1. The number of hydrogen-bond donors (Lipinski definition) is 2. The predicted octanol–water partition coefficient (Wildman–Crippen LogP) is 2.52. The first-order valence-corrected chi connectivity index (χ1v) is 6.17. The highest BCUT2D eigenvalue weighted by Gasteiger charge is 1.97. The average Bonchev–Trinajstić information content (AvgIpc) is 2.71. The van der Waals surface area contributed by atoms with Crippen molar-refractivity contribution < 1.29 is 4.74 Å². The molecule has 0 aliphatic rings. The molecule has 0 atom stereocenters. The van der Waals surface area contributed by atoms with E-state index in [0.717, 1.165) is 17.3 Å². The van der Waals surface area contributed by atoms with E-state index in [-0.39, 0.29) is 0 Å². The summed E-state index contributed by atoms with van der Waals surface area (Å²) in [6.45, 7) is 3.39. The molecule has 1 aromatic carbocycles. The molecule has 0 unspecified atom stereocenters. The van der Waals surface area contributed by atoms with Gasteiger partial charge in [-0.3, -0.25) is 0 Å². The van der Waals surface area contributed by atoms with Gasteiger partial charge >= 0.3 is 0 Å². The van der Waals surface area contributed by atoms with Gasteiger partial charge in [-0.05, 0) is 36.2 Å². The Hall–Kier alpha value is -1.75. The number of anilines is 2. The van der Waals surface area contributed by atoms with Crippen molar-refractivity contribution in [3.8, 4) is 5.75 Å². The summed E-state index contributed by atoms with van der Waals surface area (Å²) in [4.78, 5) is 0. The van der Waals surface area contributed by atoms with E-state index in [2.05, 4.69) is 9.69 Å². The van der Waals surface area contributed by atoms with E-state index >= 15 is 0 Å². The first kappa shape index (κ1) is 11.7. The van der Waals surface area contributed by atoms with Gasteiger partial charge in [0, 0.05) is 12.6 Å². The molecule has 0 radical (unpaired) electrons. The lowest BCUT2D eigenvalue weighted by Crippen LogP contribution is -2.10. The van der Waals surface area contributed by atoms with Crippen LogP contribution in [0.2, 0.25) is 0 Å². The second-order valence-corrected chi connectivity index (χ2v) is 4.51. The SMILES string of the molecule is Cc1cccc(OCCNc2cc(N)ns2)c1. The molecule has 4 nitrogen and oxygen atoms in total. The topological polar surface area (TPSA) is 60.2 Å². The number of nitrogens with zero attached hydrogens (tertiary/aromatic N) is 1. The van der Waals surface area contributed by atoms with Crippen LogP contribution in [0.1, 0.15) is 5.56 Å². The summed E-state index contributed by atoms with van der Waals surface area (Å²) >= 11 is 1.36. The van der Waals surface area contributed by atoms with Crippen LogP contribution in [0.25, 0.3) is 0 Å². The summed E-state index contributed by atoms with van der Waals surface area (Å²) < 4.78 is 9.59. The van der Waals surface area contributed by atoms with Crippen molar-refractivity contribution in [2.45, 2.75) is 6.92 Å². The van der Waals surface area contributed by atoms with Crippen molar-refractivity contribution >= 4 is 22.4 Å². The van der Waals surface area contributed by atoms with Crippen LogP contribution in [0.4, 0.5) is 10.8 Å². The third-order valence-corrected chi connectivity index (χ3v) is 2.95. The maximum absolute atomic E-state index is 5.61. The molecule has 1 aromatic heterocycles. The minimum Gasteiger partial charge on any atom is -0.492 e. The summed E-state index contributed by atoms with van der Waals surface area (Å²) in [6.07, 6.45) is 0. The number of nitrogens with one attached hydrogen (secondary N) is 1. The molecule has 90 valence electrons. The number of nitrogen functional groups attached to an aromatic ring is 1. The van der Waals surface area contributed by atoms with Gasteiger partial charge in [-0.15, -0.1) is 0 Å². The van der Waals surface area contributed by atoms with Crippen LogP contribution in [0.3, 0.4) is 0 Å². The Morgan fingerprint density at radius 3 is 3.00 bits per heavy atom. The maximum atomic E-state index is 5.61. The Labute approximate surface area is 105 Å². The van der Waals surface area contributed by atoms with Gasteiger partial charge in [-0.1, -0.05) is 12.1 Å². The normalized spacial score (nSPS) is 10.2. The van der Waals surface area contributed by atoms with E-state index in [1.54, 1.807) is 0 Å². The van der Waals surface area contributed by atoms with E-state index < -0.39 is 0 Å². The van der Waals surface area contributed by atoms with Gasteiger partial charge in [0.25, 0.3) is 0 Å². The largest absolute Gasteiger partial charge is 0.492 e. The highest BCUT2D eigenvalue weighted by atomic mass is 32.1. The number of ether oxygens (including phenoxy) is 1. The van der Waals surface area contributed by atoms with Crippen LogP contribution in [0.5, 0.6) is 5.75 Å². The van der Waals surface area contributed by atoms with E-state index in [9.17, 15) is 0 Å². The summed E-state index contributed by atoms with van der Waals surface area (Å²) in [7, 11) is 0. The molecular formula is C12H15N3OS. The molecule has 2 aromatic rings. The summed E-state index contributed by atoms with van der Waals surface area (Å²) in [5.41, 5.74) is 6.72. The smallest absolute Gasteiger partial charge is 0.139 e. The molecule has 0 saturated heterocycles. The lowest BCUT2D eigenvalue weighted by molar-refractivity contribution is 0.333. The van der Waals surface area contributed by atoms with Crippen LogP contribution >= 0.6 is 11.5 Å². The molecule has 0 aliphatic carbocycles. The number of aromatic nitrogens is 1. The Balaban J connectivity index is 1.73. The predicted molar refractivity (Wildman–Crippen MR) is 71.7 cm³/mol. The third-order valence-electron chi connectivity index (χ3n) is 2.19. The lowest BCUT2D eigenvalue weighted by atomic mass is 10.2. The molecule has 0 bridgehead atoms. The minimum absolute atomic E-state index is 0.553. The molecule has 0 fully saturated rings. The zero-order valence-corrected chi connectivity index (χ0v) is 10.5. The number of aryl methyl sites for hydroxylation is 1. The highest BCUT2D eigenvalue weighted by molar-refractivity contribution is 7.10.